The van der Waals surface area contributed by atoms with Gasteiger partial charge >= 0.3 is 0 Å². The Balaban J connectivity index is 0.00000208. The van der Waals surface area contributed by atoms with Crippen LogP contribution in [0, 0.1) is 12.7 Å². The maximum atomic E-state index is 13.3. The van der Waals surface area contributed by atoms with Crippen molar-refractivity contribution in [2.75, 3.05) is 18.4 Å². The standard InChI is InChI=1S/C16H20FN5O.ClH/c1-10-9-12(3-4-13(10)17)15(23)20-16-19-14(21-22(16)2)11-5-7-18-8-6-11;/h3-4,9,11,18H,5-8H2,1-2H3,(H,19,20,21,23);1H. The molecule has 2 N–H and O–H groups in total. The molecule has 0 unspecified atom stereocenters. The third-order valence-electron chi connectivity index (χ3n) is 4.13. The number of anilines is 1. The van der Waals surface area contributed by atoms with E-state index < -0.39 is 0 Å². The number of piperidine rings is 1. The molecule has 0 spiro atoms. The lowest BCUT2D eigenvalue weighted by Crippen LogP contribution is -2.27. The van der Waals surface area contributed by atoms with Gasteiger partial charge in [-0.1, -0.05) is 0 Å². The van der Waals surface area contributed by atoms with Gasteiger partial charge in [0.05, 0.1) is 0 Å². The van der Waals surface area contributed by atoms with Crippen LogP contribution in [0.2, 0.25) is 0 Å². The average molecular weight is 354 g/mol. The molecule has 0 atom stereocenters. The Bertz CT molecular complexity index is 727. The van der Waals surface area contributed by atoms with Crippen molar-refractivity contribution in [3.8, 4) is 0 Å². The van der Waals surface area contributed by atoms with Gasteiger partial charge in [-0.05, 0) is 56.6 Å². The molecule has 6 nitrogen and oxygen atoms in total. The van der Waals surface area contributed by atoms with E-state index in [1.807, 2.05) is 0 Å². The lowest BCUT2D eigenvalue weighted by atomic mass is 9.98. The second kappa shape index (κ2) is 7.72. The lowest BCUT2D eigenvalue weighted by Gasteiger charge is -2.19. The molecule has 0 radical (unpaired) electrons. The summed E-state index contributed by atoms with van der Waals surface area (Å²) >= 11 is 0. The van der Waals surface area contributed by atoms with Gasteiger partial charge < -0.3 is 5.32 Å². The summed E-state index contributed by atoms with van der Waals surface area (Å²) in [4.78, 5) is 16.7. The molecule has 8 heteroatoms. The number of hydrogen-bond donors (Lipinski definition) is 2. The zero-order chi connectivity index (χ0) is 16.4. The van der Waals surface area contributed by atoms with Gasteiger partial charge in [-0.3, -0.25) is 10.1 Å². The second-order valence-corrected chi connectivity index (χ2v) is 5.86. The van der Waals surface area contributed by atoms with Crippen molar-refractivity contribution in [3.05, 3.63) is 41.0 Å². The van der Waals surface area contributed by atoms with Crippen LogP contribution in [0.1, 0.15) is 40.5 Å². The van der Waals surface area contributed by atoms with Gasteiger partial charge in [0, 0.05) is 18.5 Å². The first-order valence-electron chi connectivity index (χ1n) is 7.74. The molecule has 0 saturated carbocycles. The van der Waals surface area contributed by atoms with Crippen LogP contribution in [0.5, 0.6) is 0 Å². The Morgan fingerprint density at radius 2 is 2.08 bits per heavy atom. The summed E-state index contributed by atoms with van der Waals surface area (Å²) in [5, 5.41) is 10.5. The predicted octanol–water partition coefficient (Wildman–Crippen LogP) is 2.40. The Labute approximate surface area is 146 Å². The van der Waals surface area contributed by atoms with Crippen LogP contribution in [0.15, 0.2) is 18.2 Å². The minimum Gasteiger partial charge on any atom is -0.317 e. The molecule has 1 amide bonds. The predicted molar refractivity (Wildman–Crippen MR) is 92.2 cm³/mol. The molecule has 0 aliphatic carbocycles. The number of amides is 1. The number of halogens is 2. The first-order valence-corrected chi connectivity index (χ1v) is 7.74. The molecule has 1 aromatic heterocycles. The van der Waals surface area contributed by atoms with Crippen molar-refractivity contribution < 1.29 is 9.18 Å². The van der Waals surface area contributed by atoms with E-state index in [-0.39, 0.29) is 24.1 Å². The van der Waals surface area contributed by atoms with Crippen molar-refractivity contribution in [1.82, 2.24) is 20.1 Å². The number of hydrogen-bond acceptors (Lipinski definition) is 4. The minimum atomic E-state index is -0.326. The quantitative estimate of drug-likeness (QED) is 0.888. The molecule has 1 fully saturated rings. The highest BCUT2D eigenvalue weighted by Gasteiger charge is 2.21. The Hall–Kier alpha value is -1.99. The van der Waals surface area contributed by atoms with Crippen molar-refractivity contribution in [2.24, 2.45) is 7.05 Å². The molecular formula is C16H21ClFN5O. The normalized spacial score (nSPS) is 15.0. The molecule has 3 rings (SSSR count). The summed E-state index contributed by atoms with van der Waals surface area (Å²) in [5.41, 5.74) is 0.835. The van der Waals surface area contributed by atoms with Crippen LogP contribution in [0.3, 0.4) is 0 Å². The fourth-order valence-corrected chi connectivity index (χ4v) is 2.73. The van der Waals surface area contributed by atoms with Crippen molar-refractivity contribution in [1.29, 1.82) is 0 Å². The third kappa shape index (κ3) is 3.91. The van der Waals surface area contributed by atoms with Gasteiger partial charge in [-0.2, -0.15) is 10.1 Å². The molecule has 24 heavy (non-hydrogen) atoms. The van der Waals surface area contributed by atoms with Crippen molar-refractivity contribution in [2.45, 2.75) is 25.7 Å². The van der Waals surface area contributed by atoms with Crippen LogP contribution in [-0.2, 0) is 7.05 Å². The Kier molecular flexibility index (Phi) is 5.90. The average Bonchev–Trinajstić information content (AvgIpc) is 2.92. The molecule has 1 aliphatic rings. The highest BCUT2D eigenvalue weighted by Crippen LogP contribution is 2.23. The number of aromatic nitrogens is 3. The van der Waals surface area contributed by atoms with Gasteiger partial charge in [0.15, 0.2) is 5.82 Å². The Morgan fingerprint density at radius 3 is 2.75 bits per heavy atom. The summed E-state index contributed by atoms with van der Waals surface area (Å²) in [7, 11) is 1.75. The molecule has 2 heterocycles. The molecule has 1 saturated heterocycles. The van der Waals surface area contributed by atoms with E-state index in [0.29, 0.717) is 23.0 Å². The molecule has 130 valence electrons. The molecule has 1 aliphatic heterocycles. The topological polar surface area (TPSA) is 71.8 Å². The molecule has 1 aromatic carbocycles. The summed E-state index contributed by atoms with van der Waals surface area (Å²) in [5.74, 6) is 0.847. The second-order valence-electron chi connectivity index (χ2n) is 5.86. The first kappa shape index (κ1) is 18.4. The van der Waals surface area contributed by atoms with E-state index in [9.17, 15) is 9.18 Å². The van der Waals surface area contributed by atoms with Crippen LogP contribution < -0.4 is 10.6 Å². The summed E-state index contributed by atoms with van der Waals surface area (Å²) in [6, 6.07) is 4.28. The van der Waals surface area contributed by atoms with Gasteiger partial charge in [0.25, 0.3) is 5.91 Å². The number of nitrogens with zero attached hydrogens (tertiary/aromatic N) is 3. The van der Waals surface area contributed by atoms with E-state index >= 15 is 0 Å². The fourth-order valence-electron chi connectivity index (χ4n) is 2.73. The van der Waals surface area contributed by atoms with E-state index in [2.05, 4.69) is 20.7 Å². The lowest BCUT2D eigenvalue weighted by molar-refractivity contribution is 0.102. The molecule has 2 aromatic rings. The summed E-state index contributed by atoms with van der Waals surface area (Å²) < 4.78 is 14.9. The SMILES string of the molecule is Cc1cc(C(=O)Nc2nc(C3CCNCC3)nn2C)ccc1F.Cl. The maximum Gasteiger partial charge on any atom is 0.258 e. The third-order valence-corrected chi connectivity index (χ3v) is 4.13. The monoisotopic (exact) mass is 353 g/mol. The van der Waals surface area contributed by atoms with Crippen LogP contribution >= 0.6 is 12.4 Å². The van der Waals surface area contributed by atoms with E-state index in [1.165, 1.54) is 18.2 Å². The zero-order valence-corrected chi connectivity index (χ0v) is 14.5. The van der Waals surface area contributed by atoms with Gasteiger partial charge in [0.2, 0.25) is 5.95 Å². The largest absolute Gasteiger partial charge is 0.317 e. The molecule has 0 bridgehead atoms. The number of carbonyl (C=O) groups is 1. The van der Waals surface area contributed by atoms with Gasteiger partial charge in [-0.25, -0.2) is 9.07 Å². The highest BCUT2D eigenvalue weighted by atomic mass is 35.5. The number of carbonyl (C=O) groups excluding carboxylic acids is 1. The summed E-state index contributed by atoms with van der Waals surface area (Å²) in [6.07, 6.45) is 1.99. The van der Waals surface area contributed by atoms with Crippen LogP contribution in [0.25, 0.3) is 0 Å². The van der Waals surface area contributed by atoms with E-state index in [4.69, 9.17) is 0 Å². The van der Waals surface area contributed by atoms with Crippen molar-refractivity contribution in [3.63, 3.8) is 0 Å². The van der Waals surface area contributed by atoms with Gasteiger partial charge in [-0.15, -0.1) is 12.4 Å². The summed E-state index contributed by atoms with van der Waals surface area (Å²) in [6.45, 7) is 3.54. The van der Waals surface area contributed by atoms with Gasteiger partial charge in [0.1, 0.15) is 5.82 Å². The zero-order valence-electron chi connectivity index (χ0n) is 13.7. The highest BCUT2D eigenvalue weighted by molar-refractivity contribution is 6.03. The van der Waals surface area contributed by atoms with Crippen molar-refractivity contribution >= 4 is 24.3 Å². The maximum absolute atomic E-state index is 13.3. The smallest absolute Gasteiger partial charge is 0.258 e. The fraction of sp³-hybridized carbons (Fsp3) is 0.438. The molecular weight excluding hydrogens is 333 g/mol. The number of aryl methyl sites for hydroxylation is 2. The minimum absolute atomic E-state index is 0. The number of nitrogens with one attached hydrogen (secondary N) is 2. The van der Waals surface area contributed by atoms with Crippen LogP contribution in [-0.4, -0.2) is 33.8 Å². The number of benzene rings is 1. The van der Waals surface area contributed by atoms with E-state index in [1.54, 1.807) is 18.7 Å². The Morgan fingerprint density at radius 1 is 1.38 bits per heavy atom. The van der Waals surface area contributed by atoms with E-state index in [0.717, 1.165) is 31.8 Å². The first-order chi connectivity index (χ1) is 11.0. The number of rotatable bonds is 3. The van der Waals surface area contributed by atoms with Crippen LogP contribution in [0.4, 0.5) is 10.3 Å².